The van der Waals surface area contributed by atoms with Crippen molar-refractivity contribution in [3.05, 3.63) is 29.1 Å². The van der Waals surface area contributed by atoms with Crippen LogP contribution in [-0.4, -0.2) is 91.8 Å². The molecule has 8 nitrogen and oxygen atoms in total. The van der Waals surface area contributed by atoms with Crippen LogP contribution < -0.4 is 0 Å². The minimum absolute atomic E-state index is 0.0350. The van der Waals surface area contributed by atoms with Crippen LogP contribution in [0.5, 0.6) is 0 Å². The molecule has 0 saturated carbocycles. The molecule has 8 heteroatoms. The number of unbranched alkanes of at least 4 members (excludes halogenated alkanes) is 2. The van der Waals surface area contributed by atoms with Crippen LogP contribution in [0, 0.1) is 0 Å². The fraction of sp³-hybridized carbons (Fsp3) is 0.773. The molecule has 3 aliphatic rings. The SMILES string of the molecule is CCCCOC1=CC(=[N+]=[N-])C(OCCCC)C=C1N1CCOC(N2CCOCC2)C1. The van der Waals surface area contributed by atoms with E-state index in [4.69, 9.17) is 18.9 Å². The van der Waals surface area contributed by atoms with Gasteiger partial charge in [0.25, 0.3) is 0 Å². The second-order valence-electron chi connectivity index (χ2n) is 7.85. The fourth-order valence-electron chi connectivity index (χ4n) is 3.82. The van der Waals surface area contributed by atoms with Gasteiger partial charge >= 0.3 is 5.71 Å². The van der Waals surface area contributed by atoms with E-state index in [1.807, 2.05) is 12.2 Å². The van der Waals surface area contributed by atoms with Crippen molar-refractivity contribution in [3.8, 4) is 0 Å². The van der Waals surface area contributed by atoms with Crippen LogP contribution >= 0.6 is 0 Å². The summed E-state index contributed by atoms with van der Waals surface area (Å²) in [4.78, 5) is 8.13. The number of nitrogens with zero attached hydrogens (tertiary/aromatic N) is 4. The number of morpholine rings is 2. The third-order valence-corrected chi connectivity index (χ3v) is 5.64. The quantitative estimate of drug-likeness (QED) is 0.307. The van der Waals surface area contributed by atoms with Crippen LogP contribution in [0.4, 0.5) is 0 Å². The zero-order valence-corrected chi connectivity index (χ0v) is 18.4. The lowest BCUT2D eigenvalue weighted by Crippen LogP contribution is -2.54. The molecule has 2 aliphatic heterocycles. The predicted octanol–water partition coefficient (Wildman–Crippen LogP) is 2.43. The molecule has 2 fully saturated rings. The zero-order valence-electron chi connectivity index (χ0n) is 18.4. The molecule has 168 valence electrons. The van der Waals surface area contributed by atoms with Crippen molar-refractivity contribution in [3.63, 3.8) is 0 Å². The van der Waals surface area contributed by atoms with E-state index in [2.05, 4.69) is 28.4 Å². The first kappa shape index (κ1) is 23.0. The average Bonchev–Trinajstić information content (AvgIpc) is 2.80. The Morgan fingerprint density at radius 1 is 1.10 bits per heavy atom. The topological polar surface area (TPSA) is 79.8 Å². The van der Waals surface area contributed by atoms with E-state index >= 15 is 0 Å². The Balaban J connectivity index is 1.76. The Labute approximate surface area is 180 Å². The van der Waals surface area contributed by atoms with Crippen LogP contribution in [0.1, 0.15) is 39.5 Å². The highest BCUT2D eigenvalue weighted by Crippen LogP contribution is 2.27. The van der Waals surface area contributed by atoms with Crippen molar-refractivity contribution in [1.29, 1.82) is 0 Å². The molecule has 0 amide bonds. The molecule has 2 atom stereocenters. The molecule has 0 aromatic carbocycles. The van der Waals surface area contributed by atoms with E-state index in [1.165, 1.54) is 0 Å². The molecule has 0 N–H and O–H groups in total. The maximum atomic E-state index is 9.54. The zero-order chi connectivity index (χ0) is 21.2. The molecule has 2 saturated heterocycles. The summed E-state index contributed by atoms with van der Waals surface area (Å²) in [5.41, 5.74) is 11.0. The lowest BCUT2D eigenvalue weighted by atomic mass is 10.0. The maximum Gasteiger partial charge on any atom is 0.328 e. The Bertz CT molecular complexity index is 654. The Hall–Kier alpha value is -1.70. The lowest BCUT2D eigenvalue weighted by molar-refractivity contribution is -0.129. The summed E-state index contributed by atoms with van der Waals surface area (Å²) in [5.74, 6) is 0.745. The van der Waals surface area contributed by atoms with Gasteiger partial charge in [0, 0.05) is 26.2 Å². The first-order valence-electron chi connectivity index (χ1n) is 11.3. The summed E-state index contributed by atoms with van der Waals surface area (Å²) >= 11 is 0. The van der Waals surface area contributed by atoms with Crippen molar-refractivity contribution in [2.24, 2.45) is 0 Å². The van der Waals surface area contributed by atoms with Crippen LogP contribution in [-0.2, 0) is 18.9 Å². The van der Waals surface area contributed by atoms with E-state index in [9.17, 15) is 5.53 Å². The fourth-order valence-corrected chi connectivity index (χ4v) is 3.82. The van der Waals surface area contributed by atoms with Crippen molar-refractivity contribution in [1.82, 2.24) is 9.80 Å². The Morgan fingerprint density at radius 2 is 1.87 bits per heavy atom. The summed E-state index contributed by atoms with van der Waals surface area (Å²) in [7, 11) is 0. The minimum atomic E-state index is -0.375. The molecule has 3 rings (SSSR count). The van der Waals surface area contributed by atoms with Gasteiger partial charge in [-0.25, -0.2) is 0 Å². The highest BCUT2D eigenvalue weighted by molar-refractivity contribution is 5.97. The van der Waals surface area contributed by atoms with Crippen LogP contribution in [0.2, 0.25) is 0 Å². The van der Waals surface area contributed by atoms with Gasteiger partial charge in [0.15, 0.2) is 6.10 Å². The van der Waals surface area contributed by atoms with Gasteiger partial charge in [-0.1, -0.05) is 26.7 Å². The Kier molecular flexibility index (Phi) is 9.36. The van der Waals surface area contributed by atoms with Crippen LogP contribution in [0.25, 0.3) is 5.53 Å². The normalized spacial score (nSPS) is 25.5. The Morgan fingerprint density at radius 3 is 2.60 bits per heavy atom. The van der Waals surface area contributed by atoms with Gasteiger partial charge in [0.05, 0.1) is 44.7 Å². The van der Waals surface area contributed by atoms with E-state index in [0.717, 1.165) is 76.5 Å². The smallest absolute Gasteiger partial charge is 0.328 e. The number of hydrogen-bond donors (Lipinski definition) is 0. The number of hydrogen-bond acceptors (Lipinski definition) is 6. The highest BCUT2D eigenvalue weighted by atomic mass is 16.5. The molecule has 0 aromatic rings. The molecule has 0 aromatic heterocycles. The second kappa shape index (κ2) is 12.2. The lowest BCUT2D eigenvalue weighted by Gasteiger charge is -2.42. The van der Waals surface area contributed by atoms with Gasteiger partial charge in [-0.2, -0.15) is 4.79 Å². The summed E-state index contributed by atoms with van der Waals surface area (Å²) in [6.45, 7) is 11.0. The van der Waals surface area contributed by atoms with E-state index in [0.29, 0.717) is 25.5 Å². The molecular formula is C22H36N4O4. The summed E-state index contributed by atoms with van der Waals surface area (Å²) in [5, 5.41) is 0. The minimum Gasteiger partial charge on any atom is -0.491 e. The van der Waals surface area contributed by atoms with Crippen molar-refractivity contribution >= 4 is 5.71 Å². The molecule has 2 unspecified atom stereocenters. The van der Waals surface area contributed by atoms with Gasteiger partial charge in [0.2, 0.25) is 0 Å². The van der Waals surface area contributed by atoms with E-state index in [1.54, 1.807) is 0 Å². The first-order valence-corrected chi connectivity index (χ1v) is 11.3. The van der Waals surface area contributed by atoms with Crippen molar-refractivity contribution in [2.45, 2.75) is 51.9 Å². The molecule has 1 aliphatic carbocycles. The van der Waals surface area contributed by atoms with Crippen molar-refractivity contribution < 1.29 is 23.7 Å². The summed E-state index contributed by atoms with van der Waals surface area (Å²) < 4.78 is 23.7. The van der Waals surface area contributed by atoms with Gasteiger partial charge in [0.1, 0.15) is 12.0 Å². The molecule has 0 bridgehead atoms. The maximum absolute atomic E-state index is 9.54. The summed E-state index contributed by atoms with van der Waals surface area (Å²) in [6, 6.07) is 0. The van der Waals surface area contributed by atoms with Gasteiger partial charge in [-0.15, -0.1) is 0 Å². The number of rotatable bonds is 10. The largest absolute Gasteiger partial charge is 0.491 e. The molecule has 0 spiro atoms. The third kappa shape index (κ3) is 6.15. The number of ether oxygens (including phenoxy) is 4. The van der Waals surface area contributed by atoms with Gasteiger partial charge in [-0.3, -0.25) is 4.90 Å². The van der Waals surface area contributed by atoms with E-state index in [-0.39, 0.29) is 12.3 Å². The molecular weight excluding hydrogens is 384 g/mol. The average molecular weight is 421 g/mol. The van der Waals surface area contributed by atoms with Gasteiger partial charge < -0.3 is 29.4 Å². The van der Waals surface area contributed by atoms with Crippen LogP contribution in [0.15, 0.2) is 23.6 Å². The molecule has 30 heavy (non-hydrogen) atoms. The molecule has 2 heterocycles. The third-order valence-electron chi connectivity index (χ3n) is 5.64. The van der Waals surface area contributed by atoms with E-state index < -0.39 is 0 Å². The van der Waals surface area contributed by atoms with Crippen LogP contribution in [0.3, 0.4) is 0 Å². The highest BCUT2D eigenvalue weighted by Gasteiger charge is 2.34. The standard InChI is InChI=1S/C22H36N4O4/c1-3-5-10-28-20-16-19(21(15-18(20)24-23)29-11-6-4-2)26-9-14-30-22(17-26)25-7-12-27-13-8-25/h15-16,20,22H,3-14,17H2,1-2H3. The van der Waals surface area contributed by atoms with Crippen molar-refractivity contribution in [2.75, 3.05) is 59.2 Å². The second-order valence-corrected chi connectivity index (χ2v) is 7.85. The molecule has 0 radical (unpaired) electrons. The monoisotopic (exact) mass is 420 g/mol. The summed E-state index contributed by atoms with van der Waals surface area (Å²) in [6.07, 6.45) is 7.58. The van der Waals surface area contributed by atoms with Gasteiger partial charge in [-0.05, 0) is 18.9 Å². The predicted molar refractivity (Wildman–Crippen MR) is 114 cm³/mol. The first-order chi connectivity index (χ1) is 14.8.